The number of amides is 1. The number of carboxylic acid groups (broad SMARTS) is 1. The highest BCUT2D eigenvalue weighted by Gasteiger charge is 2.30. The molecule has 1 aliphatic carbocycles. The van der Waals surface area contributed by atoms with Gasteiger partial charge in [-0.05, 0) is 37.0 Å². The zero-order valence-corrected chi connectivity index (χ0v) is 12.9. The second-order valence-electron chi connectivity index (χ2n) is 6.70. The number of carbonyl (C=O) groups is 2. The molecule has 116 valence electrons. The molecule has 4 heteroatoms. The lowest BCUT2D eigenvalue weighted by Gasteiger charge is -2.37. The van der Waals surface area contributed by atoms with Crippen LogP contribution in [0.25, 0.3) is 0 Å². The summed E-state index contributed by atoms with van der Waals surface area (Å²) in [7, 11) is 0. The molecule has 4 nitrogen and oxygen atoms in total. The average molecular weight is 283 g/mol. The summed E-state index contributed by atoms with van der Waals surface area (Å²) >= 11 is 0. The highest BCUT2D eigenvalue weighted by Crippen LogP contribution is 2.37. The number of nitrogens with one attached hydrogen (secondary N) is 1. The number of aliphatic carboxylic acids is 1. The lowest BCUT2D eigenvalue weighted by Crippen LogP contribution is -2.39. The minimum Gasteiger partial charge on any atom is -0.481 e. The van der Waals surface area contributed by atoms with Crippen LogP contribution in [0, 0.1) is 11.3 Å². The Kier molecular flexibility index (Phi) is 7.03. The lowest BCUT2D eigenvalue weighted by atomic mass is 9.71. The minimum absolute atomic E-state index is 0.0549. The zero-order valence-electron chi connectivity index (χ0n) is 12.9. The van der Waals surface area contributed by atoms with Crippen molar-refractivity contribution in [2.75, 3.05) is 6.54 Å². The number of rotatable bonds is 8. The molecule has 0 bridgehead atoms. The van der Waals surface area contributed by atoms with Crippen LogP contribution in [0.4, 0.5) is 0 Å². The van der Waals surface area contributed by atoms with Gasteiger partial charge in [0.25, 0.3) is 0 Å². The number of carboxylic acids is 1. The second kappa shape index (κ2) is 8.28. The molecule has 0 aromatic rings. The molecule has 0 aromatic carbocycles. The van der Waals surface area contributed by atoms with E-state index in [1.54, 1.807) is 0 Å². The number of carbonyl (C=O) groups excluding carboxylic acids is 1. The van der Waals surface area contributed by atoms with E-state index in [2.05, 4.69) is 19.2 Å². The van der Waals surface area contributed by atoms with Gasteiger partial charge in [-0.1, -0.05) is 33.1 Å². The van der Waals surface area contributed by atoms with Gasteiger partial charge in [-0.25, -0.2) is 0 Å². The van der Waals surface area contributed by atoms with E-state index in [1.165, 1.54) is 32.1 Å². The molecule has 0 radical (unpaired) electrons. The van der Waals surface area contributed by atoms with Crippen LogP contribution in [-0.2, 0) is 9.59 Å². The van der Waals surface area contributed by atoms with Gasteiger partial charge >= 0.3 is 5.97 Å². The average Bonchev–Trinajstić information content (AvgIpc) is 2.42. The highest BCUT2D eigenvalue weighted by atomic mass is 16.4. The van der Waals surface area contributed by atoms with Crippen LogP contribution in [0.3, 0.4) is 0 Å². The first-order chi connectivity index (χ1) is 9.42. The molecule has 1 amide bonds. The Morgan fingerprint density at radius 1 is 1.10 bits per heavy atom. The summed E-state index contributed by atoms with van der Waals surface area (Å²) in [6, 6.07) is 0. The van der Waals surface area contributed by atoms with Crippen molar-refractivity contribution in [2.24, 2.45) is 11.3 Å². The smallest absolute Gasteiger partial charge is 0.303 e. The van der Waals surface area contributed by atoms with Crippen molar-refractivity contribution in [1.29, 1.82) is 0 Å². The predicted octanol–water partition coefficient (Wildman–Crippen LogP) is 3.35. The first-order valence-corrected chi connectivity index (χ1v) is 7.90. The van der Waals surface area contributed by atoms with Gasteiger partial charge in [0.2, 0.25) is 5.91 Å². The van der Waals surface area contributed by atoms with E-state index in [4.69, 9.17) is 5.11 Å². The maximum atomic E-state index is 11.8. The molecule has 0 heterocycles. The molecule has 2 N–H and O–H groups in total. The fourth-order valence-electron chi connectivity index (χ4n) is 3.00. The monoisotopic (exact) mass is 283 g/mol. The Morgan fingerprint density at radius 3 is 2.30 bits per heavy atom. The minimum atomic E-state index is -0.788. The van der Waals surface area contributed by atoms with Crippen molar-refractivity contribution < 1.29 is 14.7 Å². The van der Waals surface area contributed by atoms with Crippen LogP contribution in [0.2, 0.25) is 0 Å². The summed E-state index contributed by atoms with van der Waals surface area (Å²) in [4.78, 5) is 22.1. The van der Waals surface area contributed by atoms with Crippen LogP contribution < -0.4 is 5.32 Å². The van der Waals surface area contributed by atoms with Crippen LogP contribution in [0.5, 0.6) is 0 Å². The molecule has 0 unspecified atom stereocenters. The largest absolute Gasteiger partial charge is 0.481 e. The Bertz CT molecular complexity index is 320. The first-order valence-electron chi connectivity index (χ1n) is 7.90. The van der Waals surface area contributed by atoms with Crippen molar-refractivity contribution in [3.8, 4) is 0 Å². The fraction of sp³-hybridized carbons (Fsp3) is 0.875. The fourth-order valence-corrected chi connectivity index (χ4v) is 3.00. The molecular formula is C16H29NO3. The number of unbranched alkanes of at least 4 members (excludes halogenated alkanes) is 1. The van der Waals surface area contributed by atoms with Gasteiger partial charge in [0.1, 0.15) is 0 Å². The van der Waals surface area contributed by atoms with Crippen molar-refractivity contribution in [3.05, 3.63) is 0 Å². The molecule has 20 heavy (non-hydrogen) atoms. The summed E-state index contributed by atoms with van der Waals surface area (Å²) in [6.45, 7) is 5.22. The van der Waals surface area contributed by atoms with Gasteiger partial charge in [0.05, 0.1) is 0 Å². The lowest BCUT2D eigenvalue weighted by molar-refractivity contribution is -0.137. The van der Waals surface area contributed by atoms with Crippen molar-refractivity contribution in [1.82, 2.24) is 5.32 Å². The van der Waals surface area contributed by atoms with Gasteiger partial charge < -0.3 is 10.4 Å². The van der Waals surface area contributed by atoms with E-state index >= 15 is 0 Å². The van der Waals surface area contributed by atoms with Gasteiger partial charge in [-0.2, -0.15) is 0 Å². The third kappa shape index (κ3) is 6.40. The third-order valence-electron chi connectivity index (χ3n) is 4.50. The summed E-state index contributed by atoms with van der Waals surface area (Å²) in [5.74, 6) is -0.0216. The molecule has 1 aliphatic rings. The molecule has 1 saturated carbocycles. The Labute approximate surface area is 122 Å². The topological polar surface area (TPSA) is 66.4 Å². The predicted molar refractivity (Wildman–Crippen MR) is 79.5 cm³/mol. The molecule has 0 aromatic heterocycles. The highest BCUT2D eigenvalue weighted by molar-refractivity contribution is 5.76. The SMILES string of the molecule is CC(C)(CNC(=O)CCCCC(=O)O)C1CCCCC1. The zero-order chi connectivity index (χ0) is 15.0. The van der Waals surface area contributed by atoms with E-state index in [-0.39, 0.29) is 17.7 Å². The normalized spacial score (nSPS) is 16.9. The van der Waals surface area contributed by atoms with E-state index in [0.717, 1.165) is 6.54 Å². The van der Waals surface area contributed by atoms with Gasteiger partial charge in [0, 0.05) is 19.4 Å². The maximum Gasteiger partial charge on any atom is 0.303 e. The second-order valence-corrected chi connectivity index (χ2v) is 6.70. The van der Waals surface area contributed by atoms with Crippen LogP contribution in [0.15, 0.2) is 0 Å². The standard InChI is InChI=1S/C16H29NO3/c1-16(2,13-8-4-3-5-9-13)12-17-14(18)10-6-7-11-15(19)20/h13H,3-12H2,1-2H3,(H,17,18)(H,19,20). The molecular weight excluding hydrogens is 254 g/mol. The van der Waals surface area contributed by atoms with Crippen molar-refractivity contribution >= 4 is 11.9 Å². The van der Waals surface area contributed by atoms with Crippen molar-refractivity contribution in [2.45, 2.75) is 71.6 Å². The van der Waals surface area contributed by atoms with Gasteiger partial charge in [0.15, 0.2) is 0 Å². The quantitative estimate of drug-likeness (QED) is 0.671. The first kappa shape index (κ1) is 17.0. The summed E-state index contributed by atoms with van der Waals surface area (Å²) in [5.41, 5.74) is 0.164. The van der Waals surface area contributed by atoms with Crippen LogP contribution in [0.1, 0.15) is 71.6 Å². The summed E-state index contributed by atoms with van der Waals surface area (Å²) < 4.78 is 0. The number of hydrogen-bond donors (Lipinski definition) is 2. The van der Waals surface area contributed by atoms with Crippen LogP contribution >= 0.6 is 0 Å². The molecule has 1 fully saturated rings. The summed E-state index contributed by atoms with van der Waals surface area (Å²) in [6.07, 6.45) is 8.37. The molecule has 0 aliphatic heterocycles. The van der Waals surface area contributed by atoms with Crippen LogP contribution in [-0.4, -0.2) is 23.5 Å². The van der Waals surface area contributed by atoms with E-state index in [0.29, 0.717) is 25.2 Å². The molecule has 1 rings (SSSR count). The van der Waals surface area contributed by atoms with Gasteiger partial charge in [-0.3, -0.25) is 9.59 Å². The third-order valence-corrected chi connectivity index (χ3v) is 4.50. The van der Waals surface area contributed by atoms with E-state index in [9.17, 15) is 9.59 Å². The maximum absolute atomic E-state index is 11.8. The molecule has 0 spiro atoms. The van der Waals surface area contributed by atoms with E-state index < -0.39 is 5.97 Å². The Morgan fingerprint density at radius 2 is 1.70 bits per heavy atom. The Balaban J connectivity index is 2.19. The number of hydrogen-bond acceptors (Lipinski definition) is 2. The van der Waals surface area contributed by atoms with E-state index in [1.807, 2.05) is 0 Å². The summed E-state index contributed by atoms with van der Waals surface area (Å²) in [5, 5.41) is 11.6. The van der Waals surface area contributed by atoms with Gasteiger partial charge in [-0.15, -0.1) is 0 Å². The van der Waals surface area contributed by atoms with Crippen molar-refractivity contribution in [3.63, 3.8) is 0 Å². The Hall–Kier alpha value is -1.06. The molecule has 0 atom stereocenters. The molecule has 0 saturated heterocycles.